The predicted octanol–water partition coefficient (Wildman–Crippen LogP) is 3.51. The van der Waals surface area contributed by atoms with E-state index in [1.54, 1.807) is 41.7 Å². The second-order valence-electron chi connectivity index (χ2n) is 8.06. The number of alkyl halides is 3. The van der Waals surface area contributed by atoms with Crippen molar-refractivity contribution in [1.82, 2.24) is 23.7 Å². The third-order valence-electron chi connectivity index (χ3n) is 5.55. The Kier molecular flexibility index (Phi) is 6.20. The average Bonchev–Trinajstić information content (AvgIpc) is 3.42. The Morgan fingerprint density at radius 3 is 2.37 bits per heavy atom. The van der Waals surface area contributed by atoms with Crippen molar-refractivity contribution in [2.24, 2.45) is 0 Å². The first-order valence-electron chi connectivity index (χ1n) is 10.4. The number of carbonyl (C=O) groups excluding carboxylic acids is 1. The fourth-order valence-corrected chi connectivity index (χ4v) is 4.36. The van der Waals surface area contributed by atoms with Crippen molar-refractivity contribution >= 4 is 26.8 Å². The number of hydrogen-bond acceptors (Lipinski definition) is 4. The summed E-state index contributed by atoms with van der Waals surface area (Å²) in [6.07, 6.45) is 0.373. The van der Waals surface area contributed by atoms with Crippen LogP contribution in [-0.2, 0) is 27.5 Å². The lowest BCUT2D eigenvalue weighted by Gasteiger charge is -2.09. The summed E-state index contributed by atoms with van der Waals surface area (Å²) < 4.78 is 69.4. The smallest absolute Gasteiger partial charge is 0.347 e. The van der Waals surface area contributed by atoms with Gasteiger partial charge >= 0.3 is 6.18 Å². The number of aromatic nitrogens is 3. The van der Waals surface area contributed by atoms with Crippen molar-refractivity contribution in [3.63, 3.8) is 0 Å². The van der Waals surface area contributed by atoms with Crippen molar-refractivity contribution in [1.29, 1.82) is 0 Å². The lowest BCUT2D eigenvalue weighted by molar-refractivity contribution is -0.137. The summed E-state index contributed by atoms with van der Waals surface area (Å²) in [6, 6.07) is 9.17. The normalized spacial score (nSPS) is 12.3. The first kappa shape index (κ1) is 24.5. The molecule has 184 valence electrons. The molecule has 1 N–H and O–H groups in total. The second-order valence-corrected chi connectivity index (χ2v) is 9.95. The molecule has 12 heteroatoms. The fourth-order valence-electron chi connectivity index (χ4n) is 3.61. The molecular formula is C23H22F3N5O3S. The van der Waals surface area contributed by atoms with Crippen molar-refractivity contribution in [3.05, 3.63) is 66.7 Å². The number of likely N-dealkylation sites (N-methyl/N-ethyl adjacent to an activating group) is 1. The van der Waals surface area contributed by atoms with Gasteiger partial charge in [-0.05, 0) is 49.5 Å². The number of amides is 1. The molecule has 0 unspecified atom stereocenters. The van der Waals surface area contributed by atoms with Gasteiger partial charge in [-0.2, -0.15) is 13.2 Å². The van der Waals surface area contributed by atoms with Crippen LogP contribution >= 0.6 is 0 Å². The van der Waals surface area contributed by atoms with Gasteiger partial charge in [0.05, 0.1) is 28.0 Å². The summed E-state index contributed by atoms with van der Waals surface area (Å²) in [4.78, 5) is 17.9. The average molecular weight is 506 g/mol. The molecule has 0 aliphatic heterocycles. The maximum Gasteiger partial charge on any atom is 0.416 e. The second kappa shape index (κ2) is 8.86. The zero-order valence-electron chi connectivity index (χ0n) is 19.0. The molecule has 0 spiro atoms. The van der Waals surface area contributed by atoms with E-state index in [1.165, 1.54) is 42.5 Å². The molecule has 0 saturated heterocycles. The van der Waals surface area contributed by atoms with Crippen LogP contribution in [0.1, 0.15) is 5.56 Å². The molecule has 0 fully saturated rings. The van der Waals surface area contributed by atoms with E-state index in [4.69, 9.17) is 0 Å². The highest BCUT2D eigenvalue weighted by atomic mass is 32.2. The number of benzene rings is 2. The van der Waals surface area contributed by atoms with E-state index in [1.807, 2.05) is 0 Å². The Hall–Kier alpha value is -3.64. The highest BCUT2D eigenvalue weighted by Crippen LogP contribution is 2.35. The van der Waals surface area contributed by atoms with Crippen molar-refractivity contribution in [2.45, 2.75) is 17.6 Å². The van der Waals surface area contributed by atoms with Crippen LogP contribution in [0.15, 0.2) is 66.1 Å². The van der Waals surface area contributed by atoms with Crippen LogP contribution in [0.4, 0.5) is 13.2 Å². The van der Waals surface area contributed by atoms with Crippen LogP contribution in [0.3, 0.4) is 0 Å². The molecule has 35 heavy (non-hydrogen) atoms. The molecule has 8 nitrogen and oxygen atoms in total. The standard InChI is InChI=1S/C23H22F3N5O3S/c1-27-35(33,34)17-8-9-21-18(10-17)19(20-12-30(14-28-20)13-22(32)29(2)3)11-31(21)16-6-4-15(5-7-16)23(24,25)26/h4-12,14,27H,13H2,1-3H3. The van der Waals surface area contributed by atoms with E-state index in [9.17, 15) is 26.4 Å². The number of nitrogens with one attached hydrogen (secondary N) is 1. The van der Waals surface area contributed by atoms with Gasteiger partial charge in [0.25, 0.3) is 0 Å². The molecule has 0 aliphatic rings. The zero-order chi connectivity index (χ0) is 25.5. The minimum atomic E-state index is -4.46. The van der Waals surface area contributed by atoms with Crippen molar-refractivity contribution in [2.75, 3.05) is 21.1 Å². The zero-order valence-corrected chi connectivity index (χ0v) is 19.9. The van der Waals surface area contributed by atoms with E-state index in [0.717, 1.165) is 12.1 Å². The monoisotopic (exact) mass is 505 g/mol. The van der Waals surface area contributed by atoms with Crippen LogP contribution in [0.25, 0.3) is 27.8 Å². The molecule has 2 aromatic heterocycles. The Morgan fingerprint density at radius 1 is 1.09 bits per heavy atom. The quantitative estimate of drug-likeness (QED) is 0.434. The van der Waals surface area contributed by atoms with Crippen LogP contribution in [0, 0.1) is 0 Å². The van der Waals surface area contributed by atoms with Crippen LogP contribution in [0.5, 0.6) is 0 Å². The van der Waals surface area contributed by atoms with Gasteiger partial charge in [-0.3, -0.25) is 4.79 Å². The Labute approximate surface area is 199 Å². The number of halogens is 3. The molecule has 0 saturated carbocycles. The third kappa shape index (κ3) is 4.80. The SMILES string of the molecule is CNS(=O)(=O)c1ccc2c(c1)c(-c1cn(CC(=O)N(C)C)cn1)cn2-c1ccc(C(F)(F)F)cc1. The van der Waals surface area contributed by atoms with Crippen LogP contribution in [-0.4, -0.2) is 54.5 Å². The third-order valence-corrected chi connectivity index (χ3v) is 6.97. The van der Waals surface area contributed by atoms with Gasteiger partial charge in [0.2, 0.25) is 15.9 Å². The van der Waals surface area contributed by atoms with Crippen molar-refractivity contribution in [3.8, 4) is 16.9 Å². The number of nitrogens with zero attached hydrogens (tertiary/aromatic N) is 4. The summed E-state index contributed by atoms with van der Waals surface area (Å²) in [7, 11) is 0.838. The highest BCUT2D eigenvalue weighted by Gasteiger charge is 2.30. The molecule has 4 rings (SSSR count). The molecule has 1 amide bonds. The molecule has 2 heterocycles. The van der Waals surface area contributed by atoms with Gasteiger partial charge in [0, 0.05) is 43.1 Å². The molecule has 0 radical (unpaired) electrons. The summed E-state index contributed by atoms with van der Waals surface area (Å²) >= 11 is 0. The van der Waals surface area contributed by atoms with E-state index in [2.05, 4.69) is 9.71 Å². The van der Waals surface area contributed by atoms with Gasteiger partial charge in [-0.25, -0.2) is 18.1 Å². The van der Waals surface area contributed by atoms with E-state index in [-0.39, 0.29) is 17.3 Å². The number of imidazole rings is 1. The van der Waals surface area contributed by atoms with Crippen molar-refractivity contribution < 1.29 is 26.4 Å². The minimum Gasteiger partial charge on any atom is -0.347 e. The highest BCUT2D eigenvalue weighted by molar-refractivity contribution is 7.89. The van der Waals surface area contributed by atoms with E-state index < -0.39 is 21.8 Å². The summed E-state index contributed by atoms with van der Waals surface area (Å²) in [6.45, 7) is 0.0664. The first-order valence-corrected chi connectivity index (χ1v) is 11.9. The van der Waals surface area contributed by atoms with Crippen LogP contribution < -0.4 is 4.72 Å². The van der Waals surface area contributed by atoms with E-state index in [0.29, 0.717) is 27.8 Å². The molecule has 0 atom stereocenters. The van der Waals surface area contributed by atoms with Gasteiger partial charge < -0.3 is 14.0 Å². The lowest BCUT2D eigenvalue weighted by atomic mass is 10.1. The number of fused-ring (bicyclic) bond motifs is 1. The fraction of sp³-hybridized carbons (Fsp3) is 0.217. The Morgan fingerprint density at radius 2 is 1.77 bits per heavy atom. The Bertz CT molecular complexity index is 1500. The van der Waals surface area contributed by atoms with Gasteiger partial charge in [-0.1, -0.05) is 0 Å². The largest absolute Gasteiger partial charge is 0.416 e. The van der Waals surface area contributed by atoms with Gasteiger partial charge in [-0.15, -0.1) is 0 Å². The maximum atomic E-state index is 13.0. The molecule has 0 bridgehead atoms. The lowest BCUT2D eigenvalue weighted by Crippen LogP contribution is -2.25. The van der Waals surface area contributed by atoms with Gasteiger partial charge in [0.15, 0.2) is 0 Å². The number of carbonyl (C=O) groups is 1. The van der Waals surface area contributed by atoms with Gasteiger partial charge in [0.1, 0.15) is 6.54 Å². The maximum absolute atomic E-state index is 13.0. The minimum absolute atomic E-state index is 0.0288. The number of sulfonamides is 1. The molecule has 4 aromatic rings. The summed E-state index contributed by atoms with van der Waals surface area (Å²) in [5, 5.41) is 0.533. The number of rotatable bonds is 6. The number of hydrogen-bond donors (Lipinski definition) is 1. The molecule has 0 aliphatic carbocycles. The van der Waals surface area contributed by atoms with E-state index >= 15 is 0 Å². The summed E-state index contributed by atoms with van der Waals surface area (Å²) in [5.74, 6) is -0.136. The summed E-state index contributed by atoms with van der Waals surface area (Å²) in [5.41, 5.74) is 1.30. The topological polar surface area (TPSA) is 89.2 Å². The molecular weight excluding hydrogens is 483 g/mol. The molecule has 2 aromatic carbocycles. The Balaban J connectivity index is 1.87. The predicted molar refractivity (Wildman–Crippen MR) is 124 cm³/mol. The first-order chi connectivity index (χ1) is 16.4. The van der Waals surface area contributed by atoms with Crippen LogP contribution in [0.2, 0.25) is 0 Å².